The first-order valence-electron chi connectivity index (χ1n) is 6.45. The summed E-state index contributed by atoms with van der Waals surface area (Å²) in [6.45, 7) is 1.89. The second-order valence-corrected chi connectivity index (χ2v) is 7.68. The van der Waals surface area contributed by atoms with Crippen LogP contribution in [0.1, 0.15) is 19.8 Å². The Labute approximate surface area is 123 Å². The summed E-state index contributed by atoms with van der Waals surface area (Å²) >= 11 is 1.38. The topological polar surface area (TPSA) is 107 Å². The number of thioether (sulfide) groups is 1. The SMILES string of the molecule is CSC(CO)C(C)NS(=O)(=O)N1CCCC(C(=O)O)C1. The van der Waals surface area contributed by atoms with E-state index in [4.69, 9.17) is 5.11 Å². The quantitative estimate of drug-likeness (QED) is 0.594. The first-order chi connectivity index (χ1) is 9.31. The Morgan fingerprint density at radius 2 is 2.20 bits per heavy atom. The molecule has 0 aromatic rings. The van der Waals surface area contributed by atoms with E-state index in [1.165, 1.54) is 16.1 Å². The Morgan fingerprint density at radius 3 is 2.70 bits per heavy atom. The molecule has 3 unspecified atom stereocenters. The Balaban J connectivity index is 2.70. The number of carbonyl (C=O) groups is 1. The second-order valence-electron chi connectivity index (χ2n) is 4.90. The van der Waals surface area contributed by atoms with Gasteiger partial charge in [0.15, 0.2) is 0 Å². The number of carboxylic acid groups (broad SMARTS) is 1. The molecule has 0 radical (unpaired) electrons. The van der Waals surface area contributed by atoms with Gasteiger partial charge in [0.25, 0.3) is 10.2 Å². The van der Waals surface area contributed by atoms with Crippen molar-refractivity contribution in [2.45, 2.75) is 31.1 Å². The van der Waals surface area contributed by atoms with Gasteiger partial charge in [-0.25, -0.2) is 0 Å². The number of nitrogens with one attached hydrogen (secondary N) is 1. The molecule has 0 amide bonds. The zero-order valence-electron chi connectivity index (χ0n) is 11.7. The van der Waals surface area contributed by atoms with Crippen molar-refractivity contribution in [3.8, 4) is 0 Å². The molecule has 0 aromatic heterocycles. The minimum Gasteiger partial charge on any atom is -0.481 e. The molecule has 1 aliphatic heterocycles. The number of hydrogen-bond acceptors (Lipinski definition) is 5. The second kappa shape index (κ2) is 7.60. The van der Waals surface area contributed by atoms with Gasteiger partial charge >= 0.3 is 5.97 Å². The minimum atomic E-state index is -3.72. The average Bonchev–Trinajstić information content (AvgIpc) is 2.39. The predicted octanol–water partition coefficient (Wildman–Crippen LogP) is -0.270. The van der Waals surface area contributed by atoms with Crippen LogP contribution in [0.2, 0.25) is 0 Å². The van der Waals surface area contributed by atoms with Crippen LogP contribution in [0.5, 0.6) is 0 Å². The summed E-state index contributed by atoms with van der Waals surface area (Å²) in [6, 6.07) is -0.426. The Hall–Kier alpha value is -0.350. The molecular formula is C11H22N2O5S2. The fourth-order valence-corrected chi connectivity index (χ4v) is 4.42. The van der Waals surface area contributed by atoms with Crippen molar-refractivity contribution in [3.63, 3.8) is 0 Å². The van der Waals surface area contributed by atoms with Gasteiger partial charge in [-0.05, 0) is 26.0 Å². The smallest absolute Gasteiger partial charge is 0.307 e. The molecule has 0 bridgehead atoms. The van der Waals surface area contributed by atoms with Gasteiger partial charge in [-0.3, -0.25) is 4.79 Å². The van der Waals surface area contributed by atoms with Gasteiger partial charge in [-0.2, -0.15) is 29.2 Å². The number of nitrogens with zero attached hydrogens (tertiary/aromatic N) is 1. The molecule has 0 saturated carbocycles. The van der Waals surface area contributed by atoms with Crippen molar-refractivity contribution < 1.29 is 23.4 Å². The van der Waals surface area contributed by atoms with Crippen molar-refractivity contribution in [3.05, 3.63) is 0 Å². The van der Waals surface area contributed by atoms with E-state index in [2.05, 4.69) is 4.72 Å². The van der Waals surface area contributed by atoms with Gasteiger partial charge < -0.3 is 10.2 Å². The first kappa shape index (κ1) is 17.7. The molecule has 1 heterocycles. The number of carboxylic acids is 1. The zero-order chi connectivity index (χ0) is 15.3. The number of aliphatic hydroxyl groups excluding tert-OH is 1. The molecule has 7 nitrogen and oxygen atoms in total. The highest BCUT2D eigenvalue weighted by molar-refractivity contribution is 7.99. The summed E-state index contributed by atoms with van der Waals surface area (Å²) in [5, 5.41) is 17.9. The highest BCUT2D eigenvalue weighted by Crippen LogP contribution is 2.20. The van der Waals surface area contributed by atoms with Crippen LogP contribution in [0.25, 0.3) is 0 Å². The fourth-order valence-electron chi connectivity index (χ4n) is 2.18. The van der Waals surface area contributed by atoms with Crippen molar-refractivity contribution in [1.29, 1.82) is 0 Å². The Morgan fingerprint density at radius 1 is 1.55 bits per heavy atom. The first-order valence-corrected chi connectivity index (χ1v) is 9.18. The third-order valence-electron chi connectivity index (χ3n) is 3.45. The lowest BCUT2D eigenvalue weighted by atomic mass is 10.0. The molecule has 9 heteroatoms. The molecule has 1 saturated heterocycles. The lowest BCUT2D eigenvalue weighted by molar-refractivity contribution is -0.142. The summed E-state index contributed by atoms with van der Waals surface area (Å²) in [6.07, 6.45) is 2.84. The molecule has 0 aliphatic carbocycles. The van der Waals surface area contributed by atoms with Crippen LogP contribution in [-0.4, -0.2) is 66.1 Å². The third kappa shape index (κ3) is 4.59. The van der Waals surface area contributed by atoms with E-state index in [-0.39, 0.29) is 18.4 Å². The molecule has 1 rings (SSSR count). The molecular weight excluding hydrogens is 304 g/mol. The van der Waals surface area contributed by atoms with E-state index < -0.39 is 28.1 Å². The van der Waals surface area contributed by atoms with Crippen LogP contribution in [0, 0.1) is 5.92 Å². The fraction of sp³-hybridized carbons (Fsp3) is 0.909. The van der Waals surface area contributed by atoms with E-state index in [0.717, 1.165) is 0 Å². The zero-order valence-corrected chi connectivity index (χ0v) is 13.3. The summed E-state index contributed by atoms with van der Waals surface area (Å²) in [5.41, 5.74) is 0. The lowest BCUT2D eigenvalue weighted by Crippen LogP contribution is -2.51. The van der Waals surface area contributed by atoms with Crippen LogP contribution in [-0.2, 0) is 15.0 Å². The maximum Gasteiger partial charge on any atom is 0.307 e. The molecule has 3 atom stereocenters. The maximum absolute atomic E-state index is 12.2. The molecule has 0 spiro atoms. The van der Waals surface area contributed by atoms with Gasteiger partial charge in [-0.1, -0.05) is 0 Å². The monoisotopic (exact) mass is 326 g/mol. The molecule has 1 aliphatic rings. The van der Waals surface area contributed by atoms with Crippen molar-refractivity contribution >= 4 is 27.9 Å². The average molecular weight is 326 g/mol. The van der Waals surface area contributed by atoms with Crippen LogP contribution in [0.3, 0.4) is 0 Å². The van der Waals surface area contributed by atoms with Crippen LogP contribution in [0.15, 0.2) is 0 Å². The number of rotatable bonds is 7. The maximum atomic E-state index is 12.2. The predicted molar refractivity (Wildman–Crippen MR) is 77.8 cm³/mol. The summed E-state index contributed by atoms with van der Waals surface area (Å²) in [4.78, 5) is 11.0. The number of aliphatic hydroxyl groups is 1. The van der Waals surface area contributed by atoms with Gasteiger partial charge in [0.2, 0.25) is 0 Å². The van der Waals surface area contributed by atoms with Crippen molar-refractivity contribution in [2.24, 2.45) is 5.92 Å². The van der Waals surface area contributed by atoms with Crippen molar-refractivity contribution in [1.82, 2.24) is 9.03 Å². The van der Waals surface area contributed by atoms with E-state index in [9.17, 15) is 18.3 Å². The highest BCUT2D eigenvalue weighted by Gasteiger charge is 2.33. The van der Waals surface area contributed by atoms with Crippen LogP contribution in [0.4, 0.5) is 0 Å². The Bertz CT molecular complexity index is 425. The summed E-state index contributed by atoms with van der Waals surface area (Å²) < 4.78 is 28.2. The van der Waals surface area contributed by atoms with Gasteiger partial charge in [-0.15, -0.1) is 0 Å². The summed E-state index contributed by atoms with van der Waals surface area (Å²) in [7, 11) is -3.72. The lowest BCUT2D eigenvalue weighted by Gasteiger charge is -2.32. The number of hydrogen-bond donors (Lipinski definition) is 3. The number of piperidine rings is 1. The molecule has 3 N–H and O–H groups in total. The summed E-state index contributed by atoms with van der Waals surface area (Å²) in [5.74, 6) is -1.61. The molecule has 20 heavy (non-hydrogen) atoms. The normalized spacial score (nSPS) is 24.2. The number of aliphatic carboxylic acids is 1. The van der Waals surface area contributed by atoms with E-state index in [1.807, 2.05) is 0 Å². The van der Waals surface area contributed by atoms with E-state index in [1.54, 1.807) is 13.2 Å². The van der Waals surface area contributed by atoms with Gasteiger partial charge in [0.1, 0.15) is 0 Å². The van der Waals surface area contributed by atoms with Crippen molar-refractivity contribution in [2.75, 3.05) is 26.0 Å². The van der Waals surface area contributed by atoms with E-state index >= 15 is 0 Å². The van der Waals surface area contributed by atoms with Gasteiger partial charge in [0, 0.05) is 24.4 Å². The molecule has 1 fully saturated rings. The van der Waals surface area contributed by atoms with E-state index in [0.29, 0.717) is 19.4 Å². The Kier molecular flexibility index (Phi) is 6.73. The van der Waals surface area contributed by atoms with Crippen LogP contribution < -0.4 is 4.72 Å². The highest BCUT2D eigenvalue weighted by atomic mass is 32.2. The minimum absolute atomic E-state index is 0.000443. The van der Waals surface area contributed by atoms with Crippen LogP contribution >= 0.6 is 11.8 Å². The molecule has 0 aromatic carbocycles. The molecule has 118 valence electrons. The van der Waals surface area contributed by atoms with Gasteiger partial charge in [0.05, 0.1) is 12.5 Å². The third-order valence-corrected chi connectivity index (χ3v) is 6.29. The standard InChI is InChI=1S/C11H22N2O5S2/c1-8(10(7-14)19-2)12-20(17,18)13-5-3-4-9(6-13)11(15)16/h8-10,12,14H,3-7H2,1-2H3,(H,15,16). The largest absolute Gasteiger partial charge is 0.481 e.